The predicted molar refractivity (Wildman–Crippen MR) is 84.7 cm³/mol. The normalized spacial score (nSPS) is 19.9. The molecule has 1 aromatic heterocycles. The van der Waals surface area contributed by atoms with Gasteiger partial charge in [0, 0.05) is 25.4 Å². The Labute approximate surface area is 129 Å². The number of likely N-dealkylation sites (tertiary alicyclic amines) is 1. The fourth-order valence-corrected chi connectivity index (χ4v) is 3.19. The van der Waals surface area contributed by atoms with E-state index in [9.17, 15) is 9.59 Å². The molecular formula is C17H21N3O2. The second-order valence-corrected chi connectivity index (χ2v) is 5.95. The molecule has 2 unspecified atom stereocenters. The molecule has 3 rings (SSSR count). The van der Waals surface area contributed by atoms with Gasteiger partial charge in [-0.05, 0) is 32.9 Å². The summed E-state index contributed by atoms with van der Waals surface area (Å²) in [6, 6.07) is 7.57. The molecule has 116 valence electrons. The summed E-state index contributed by atoms with van der Waals surface area (Å²) in [4.78, 5) is 30.5. The lowest BCUT2D eigenvalue weighted by atomic mass is 10.1. The van der Waals surface area contributed by atoms with Gasteiger partial charge < -0.3 is 9.47 Å². The number of hydrogen-bond acceptors (Lipinski definition) is 3. The summed E-state index contributed by atoms with van der Waals surface area (Å²) in [5.74, 6) is 1.18. The van der Waals surface area contributed by atoms with Crippen LogP contribution in [0.2, 0.25) is 0 Å². The van der Waals surface area contributed by atoms with Crippen LogP contribution in [0.5, 0.6) is 0 Å². The quantitative estimate of drug-likeness (QED) is 0.871. The third-order valence-corrected chi connectivity index (χ3v) is 4.56. The first-order valence-electron chi connectivity index (χ1n) is 7.78. The van der Waals surface area contributed by atoms with Crippen LogP contribution in [0.3, 0.4) is 0 Å². The Bertz CT molecular complexity index is 735. The lowest BCUT2D eigenvalue weighted by molar-refractivity contribution is -0.127. The first kappa shape index (κ1) is 14.8. The highest BCUT2D eigenvalue weighted by atomic mass is 16.2. The summed E-state index contributed by atoms with van der Waals surface area (Å²) >= 11 is 0. The zero-order chi connectivity index (χ0) is 15.9. The minimum Gasteiger partial charge on any atom is -0.342 e. The van der Waals surface area contributed by atoms with Crippen molar-refractivity contribution in [3.63, 3.8) is 0 Å². The molecule has 1 aliphatic heterocycles. The monoisotopic (exact) mass is 299 g/mol. The highest BCUT2D eigenvalue weighted by Crippen LogP contribution is 2.32. The van der Waals surface area contributed by atoms with Crippen molar-refractivity contribution in [2.24, 2.45) is 0 Å². The van der Waals surface area contributed by atoms with Crippen molar-refractivity contribution in [1.29, 1.82) is 0 Å². The fourth-order valence-electron chi connectivity index (χ4n) is 3.19. The average molecular weight is 299 g/mol. The molecule has 0 radical (unpaired) electrons. The van der Waals surface area contributed by atoms with E-state index in [-0.39, 0.29) is 23.7 Å². The van der Waals surface area contributed by atoms with Crippen LogP contribution in [0.4, 0.5) is 0 Å². The number of carbonyl (C=O) groups excluding carboxylic acids is 2. The standard InChI is InChI=1S/C17H21N3O2/c1-4-19-10-13(9-16(19)22)17-18-14-7-5-6-8-15(14)20(17)11(2)12(3)21/h5-8,11,13H,4,9-10H2,1-3H3. The molecule has 22 heavy (non-hydrogen) atoms. The van der Waals surface area contributed by atoms with E-state index in [4.69, 9.17) is 4.98 Å². The number of amides is 1. The van der Waals surface area contributed by atoms with E-state index in [1.807, 2.05) is 47.6 Å². The molecule has 1 saturated heterocycles. The number of benzene rings is 1. The number of imidazole rings is 1. The van der Waals surface area contributed by atoms with Gasteiger partial charge in [-0.1, -0.05) is 12.1 Å². The molecule has 0 saturated carbocycles. The summed E-state index contributed by atoms with van der Waals surface area (Å²) < 4.78 is 2.01. The summed E-state index contributed by atoms with van der Waals surface area (Å²) in [5.41, 5.74) is 1.84. The van der Waals surface area contributed by atoms with E-state index in [1.54, 1.807) is 6.92 Å². The van der Waals surface area contributed by atoms with Crippen LogP contribution in [-0.4, -0.2) is 39.2 Å². The fraction of sp³-hybridized carbons (Fsp3) is 0.471. The molecule has 1 amide bonds. The molecule has 5 heteroatoms. The number of nitrogens with zero attached hydrogens (tertiary/aromatic N) is 3. The average Bonchev–Trinajstić information content (AvgIpc) is 3.06. The van der Waals surface area contributed by atoms with Crippen molar-refractivity contribution in [3.05, 3.63) is 30.1 Å². The Hall–Kier alpha value is -2.17. The molecule has 2 atom stereocenters. The Morgan fingerprint density at radius 2 is 2.14 bits per heavy atom. The van der Waals surface area contributed by atoms with E-state index in [0.29, 0.717) is 13.0 Å². The van der Waals surface area contributed by atoms with Gasteiger partial charge in [0.2, 0.25) is 5.91 Å². The number of carbonyl (C=O) groups is 2. The number of rotatable bonds is 4. The SMILES string of the molecule is CCN1CC(c2nc3ccccc3n2C(C)C(C)=O)CC1=O. The minimum absolute atomic E-state index is 0.0571. The van der Waals surface area contributed by atoms with Gasteiger partial charge in [0.25, 0.3) is 0 Å². The maximum atomic E-state index is 12.0. The summed E-state index contributed by atoms with van der Waals surface area (Å²) in [6.07, 6.45) is 0.474. The molecular weight excluding hydrogens is 278 g/mol. The van der Waals surface area contributed by atoms with Crippen LogP contribution >= 0.6 is 0 Å². The topological polar surface area (TPSA) is 55.2 Å². The second kappa shape index (κ2) is 5.55. The van der Waals surface area contributed by atoms with Crippen LogP contribution in [0, 0.1) is 0 Å². The second-order valence-electron chi connectivity index (χ2n) is 5.95. The lowest BCUT2D eigenvalue weighted by Gasteiger charge is -2.18. The van der Waals surface area contributed by atoms with Crippen LogP contribution in [0.1, 0.15) is 45.0 Å². The van der Waals surface area contributed by atoms with Crippen molar-refractivity contribution in [1.82, 2.24) is 14.5 Å². The lowest BCUT2D eigenvalue weighted by Crippen LogP contribution is -2.25. The van der Waals surface area contributed by atoms with Crippen LogP contribution < -0.4 is 0 Å². The number of aromatic nitrogens is 2. The molecule has 2 heterocycles. The molecule has 0 bridgehead atoms. The van der Waals surface area contributed by atoms with Crippen LogP contribution in [0.15, 0.2) is 24.3 Å². The molecule has 1 aliphatic rings. The van der Waals surface area contributed by atoms with Gasteiger partial charge in [-0.25, -0.2) is 4.98 Å². The molecule has 2 aromatic rings. The summed E-state index contributed by atoms with van der Waals surface area (Å²) in [5, 5.41) is 0. The van der Waals surface area contributed by atoms with Crippen molar-refractivity contribution >= 4 is 22.7 Å². The number of Topliss-reactive ketones (excluding diaryl/α,β-unsaturated/α-hetero) is 1. The number of fused-ring (bicyclic) bond motifs is 1. The zero-order valence-electron chi connectivity index (χ0n) is 13.2. The number of ketones is 1. The van der Waals surface area contributed by atoms with Crippen LogP contribution in [-0.2, 0) is 9.59 Å². The van der Waals surface area contributed by atoms with Gasteiger partial charge in [-0.3, -0.25) is 9.59 Å². The third kappa shape index (κ3) is 2.30. The third-order valence-electron chi connectivity index (χ3n) is 4.56. The van der Waals surface area contributed by atoms with Crippen molar-refractivity contribution < 1.29 is 9.59 Å². The molecule has 0 N–H and O–H groups in total. The number of para-hydroxylation sites is 2. The first-order valence-corrected chi connectivity index (χ1v) is 7.78. The Balaban J connectivity index is 2.11. The summed E-state index contributed by atoms with van der Waals surface area (Å²) in [7, 11) is 0. The molecule has 5 nitrogen and oxygen atoms in total. The summed E-state index contributed by atoms with van der Waals surface area (Å²) in [6.45, 7) is 6.89. The maximum Gasteiger partial charge on any atom is 0.223 e. The van der Waals surface area contributed by atoms with Gasteiger partial charge in [-0.15, -0.1) is 0 Å². The van der Waals surface area contributed by atoms with Gasteiger partial charge in [0.05, 0.1) is 17.1 Å². The highest BCUT2D eigenvalue weighted by Gasteiger charge is 2.34. The van der Waals surface area contributed by atoms with Crippen LogP contribution in [0.25, 0.3) is 11.0 Å². The smallest absolute Gasteiger partial charge is 0.223 e. The van der Waals surface area contributed by atoms with E-state index >= 15 is 0 Å². The van der Waals surface area contributed by atoms with E-state index < -0.39 is 0 Å². The van der Waals surface area contributed by atoms with Gasteiger partial charge in [0.15, 0.2) is 5.78 Å². The molecule has 0 aliphatic carbocycles. The van der Waals surface area contributed by atoms with E-state index in [2.05, 4.69) is 0 Å². The van der Waals surface area contributed by atoms with Gasteiger partial charge in [-0.2, -0.15) is 0 Å². The van der Waals surface area contributed by atoms with Gasteiger partial charge in [0.1, 0.15) is 5.82 Å². The Kier molecular flexibility index (Phi) is 3.72. The number of hydrogen-bond donors (Lipinski definition) is 0. The molecule has 1 fully saturated rings. The maximum absolute atomic E-state index is 12.0. The molecule has 1 aromatic carbocycles. The Morgan fingerprint density at radius 3 is 2.77 bits per heavy atom. The predicted octanol–water partition coefficient (Wildman–Crippen LogP) is 2.52. The van der Waals surface area contributed by atoms with Crippen molar-refractivity contribution in [2.45, 2.75) is 39.2 Å². The first-order chi connectivity index (χ1) is 10.5. The van der Waals surface area contributed by atoms with Crippen molar-refractivity contribution in [2.75, 3.05) is 13.1 Å². The van der Waals surface area contributed by atoms with Gasteiger partial charge >= 0.3 is 0 Å². The van der Waals surface area contributed by atoms with E-state index in [1.165, 1.54) is 0 Å². The largest absolute Gasteiger partial charge is 0.342 e. The Morgan fingerprint density at radius 1 is 1.41 bits per heavy atom. The number of likely N-dealkylation sites (N-methyl/N-ethyl adjacent to an activating group) is 1. The highest BCUT2D eigenvalue weighted by molar-refractivity contribution is 5.84. The molecule has 0 spiro atoms. The van der Waals surface area contributed by atoms with E-state index in [0.717, 1.165) is 23.4 Å². The minimum atomic E-state index is -0.270. The zero-order valence-corrected chi connectivity index (χ0v) is 13.2. The van der Waals surface area contributed by atoms with Crippen molar-refractivity contribution in [3.8, 4) is 0 Å².